The Kier molecular flexibility index (Phi) is 4.07. The summed E-state index contributed by atoms with van der Waals surface area (Å²) < 4.78 is 38.6. The van der Waals surface area contributed by atoms with Gasteiger partial charge in [0.1, 0.15) is 6.54 Å². The van der Waals surface area contributed by atoms with Crippen LogP contribution in [0.2, 0.25) is 0 Å². The molecule has 0 bridgehead atoms. The van der Waals surface area contributed by atoms with Gasteiger partial charge in [-0.25, -0.2) is 9.50 Å². The number of hydrogen-bond donors (Lipinski definition) is 1. The molecule has 21 heavy (non-hydrogen) atoms. The molecular formula is C11H12F3N5O2. The zero-order chi connectivity index (χ0) is 15.6. The normalized spacial score (nSPS) is 11.9. The molecule has 0 saturated carbocycles. The van der Waals surface area contributed by atoms with Gasteiger partial charge in [-0.15, -0.1) is 5.10 Å². The van der Waals surface area contributed by atoms with Crippen molar-refractivity contribution in [2.24, 2.45) is 0 Å². The summed E-state index contributed by atoms with van der Waals surface area (Å²) in [6, 6.07) is 1.62. The number of alkyl halides is 3. The highest BCUT2D eigenvalue weighted by Gasteiger charge is 2.34. The quantitative estimate of drug-likeness (QED) is 0.885. The molecule has 0 atom stereocenters. The topological polar surface area (TPSA) is 83.6 Å². The molecule has 0 aliphatic carbocycles. The van der Waals surface area contributed by atoms with Gasteiger partial charge in [0.05, 0.1) is 6.61 Å². The van der Waals surface area contributed by atoms with Crippen molar-refractivity contribution in [2.75, 3.05) is 19.7 Å². The van der Waals surface area contributed by atoms with Gasteiger partial charge in [-0.1, -0.05) is 0 Å². The van der Waals surface area contributed by atoms with Crippen molar-refractivity contribution in [3.8, 4) is 0 Å². The van der Waals surface area contributed by atoms with E-state index in [1.165, 1.54) is 10.7 Å². The number of aryl methyl sites for hydroxylation is 1. The Balaban J connectivity index is 2.32. The minimum Gasteiger partial charge on any atom is -0.395 e. The number of carbonyl (C=O) groups excluding carboxylic acids is 1. The molecule has 2 aromatic heterocycles. The molecule has 0 unspecified atom stereocenters. The van der Waals surface area contributed by atoms with Crippen LogP contribution < -0.4 is 0 Å². The number of aliphatic hydroxyl groups is 1. The van der Waals surface area contributed by atoms with E-state index in [1.54, 1.807) is 13.0 Å². The third kappa shape index (κ3) is 3.45. The summed E-state index contributed by atoms with van der Waals surface area (Å²) in [7, 11) is 0. The molecule has 1 amide bonds. The monoisotopic (exact) mass is 303 g/mol. The number of nitrogens with zero attached hydrogens (tertiary/aromatic N) is 5. The minimum absolute atomic E-state index is 0.120. The number of halogens is 3. The highest BCUT2D eigenvalue weighted by atomic mass is 19.4. The number of rotatable bonds is 4. The van der Waals surface area contributed by atoms with Crippen LogP contribution in [0.1, 0.15) is 16.3 Å². The average Bonchev–Trinajstić information content (AvgIpc) is 2.81. The van der Waals surface area contributed by atoms with E-state index >= 15 is 0 Å². The van der Waals surface area contributed by atoms with Gasteiger partial charge in [-0.05, 0) is 13.0 Å². The Labute approximate surface area is 117 Å². The van der Waals surface area contributed by atoms with Crippen molar-refractivity contribution >= 4 is 11.7 Å². The van der Waals surface area contributed by atoms with E-state index in [0.717, 1.165) is 0 Å². The first-order chi connectivity index (χ1) is 9.81. The third-order valence-corrected chi connectivity index (χ3v) is 2.65. The van der Waals surface area contributed by atoms with Gasteiger partial charge < -0.3 is 10.0 Å². The van der Waals surface area contributed by atoms with Crippen LogP contribution in [0.5, 0.6) is 0 Å². The summed E-state index contributed by atoms with van der Waals surface area (Å²) in [4.78, 5) is 20.2. The molecule has 2 rings (SSSR count). The molecule has 2 heterocycles. The van der Waals surface area contributed by atoms with E-state index in [-0.39, 0.29) is 5.78 Å². The summed E-state index contributed by atoms with van der Waals surface area (Å²) in [5, 5.41) is 12.6. The van der Waals surface area contributed by atoms with Crippen molar-refractivity contribution in [1.82, 2.24) is 24.5 Å². The van der Waals surface area contributed by atoms with Crippen LogP contribution in [-0.4, -0.2) is 61.4 Å². The summed E-state index contributed by atoms with van der Waals surface area (Å²) in [6.07, 6.45) is -3.12. The molecule has 0 aromatic carbocycles. The largest absolute Gasteiger partial charge is 0.406 e. The number of hydrogen-bond acceptors (Lipinski definition) is 5. The second kappa shape index (κ2) is 5.64. The summed E-state index contributed by atoms with van der Waals surface area (Å²) >= 11 is 0. The van der Waals surface area contributed by atoms with Crippen molar-refractivity contribution in [2.45, 2.75) is 13.1 Å². The molecule has 114 valence electrons. The van der Waals surface area contributed by atoms with E-state index in [2.05, 4.69) is 15.1 Å². The summed E-state index contributed by atoms with van der Waals surface area (Å²) in [5.41, 5.74) is 0.635. The lowest BCUT2D eigenvalue weighted by molar-refractivity contribution is -0.141. The Hall–Kier alpha value is -2.23. The van der Waals surface area contributed by atoms with Gasteiger partial charge in [0.15, 0.2) is 0 Å². The van der Waals surface area contributed by atoms with Crippen LogP contribution in [0.4, 0.5) is 13.2 Å². The van der Waals surface area contributed by atoms with Gasteiger partial charge >= 0.3 is 6.18 Å². The predicted octanol–water partition coefficient (Wildman–Crippen LogP) is 0.430. The van der Waals surface area contributed by atoms with E-state index in [9.17, 15) is 18.0 Å². The minimum atomic E-state index is -4.57. The Bertz CT molecular complexity index is 655. The zero-order valence-electron chi connectivity index (χ0n) is 11.0. The third-order valence-electron chi connectivity index (χ3n) is 2.65. The number of carbonyl (C=O) groups is 1. The molecule has 2 aromatic rings. The fourth-order valence-corrected chi connectivity index (χ4v) is 1.73. The highest BCUT2D eigenvalue weighted by Crippen LogP contribution is 2.17. The van der Waals surface area contributed by atoms with Crippen LogP contribution in [0.3, 0.4) is 0 Å². The second-order valence-corrected chi connectivity index (χ2v) is 4.30. The maximum Gasteiger partial charge on any atom is 0.406 e. The Morgan fingerprint density at radius 1 is 1.48 bits per heavy atom. The fraction of sp³-hybridized carbons (Fsp3) is 0.455. The molecular weight excluding hydrogens is 291 g/mol. The molecule has 0 spiro atoms. The van der Waals surface area contributed by atoms with Crippen LogP contribution >= 0.6 is 0 Å². The van der Waals surface area contributed by atoms with Crippen molar-refractivity contribution in [3.63, 3.8) is 0 Å². The fourth-order valence-electron chi connectivity index (χ4n) is 1.73. The van der Waals surface area contributed by atoms with Crippen LogP contribution in [0, 0.1) is 6.92 Å². The van der Waals surface area contributed by atoms with Gasteiger partial charge in [0.2, 0.25) is 5.82 Å². The van der Waals surface area contributed by atoms with E-state index in [4.69, 9.17) is 5.11 Å². The average molecular weight is 303 g/mol. The van der Waals surface area contributed by atoms with E-state index in [1.807, 2.05) is 0 Å². The first-order valence-corrected chi connectivity index (χ1v) is 5.97. The molecule has 0 saturated heterocycles. The van der Waals surface area contributed by atoms with Crippen LogP contribution in [0.25, 0.3) is 5.78 Å². The van der Waals surface area contributed by atoms with Crippen LogP contribution in [-0.2, 0) is 0 Å². The molecule has 0 aliphatic rings. The second-order valence-electron chi connectivity index (χ2n) is 4.30. The molecule has 1 N–H and O–H groups in total. The van der Waals surface area contributed by atoms with Crippen molar-refractivity contribution in [3.05, 3.63) is 23.8 Å². The van der Waals surface area contributed by atoms with E-state index in [0.29, 0.717) is 10.6 Å². The van der Waals surface area contributed by atoms with Gasteiger partial charge in [-0.2, -0.15) is 18.2 Å². The van der Waals surface area contributed by atoms with Crippen molar-refractivity contribution in [1.29, 1.82) is 0 Å². The van der Waals surface area contributed by atoms with Crippen molar-refractivity contribution < 1.29 is 23.1 Å². The summed E-state index contributed by atoms with van der Waals surface area (Å²) in [6.45, 7) is -0.833. The summed E-state index contributed by atoms with van der Waals surface area (Å²) in [5.74, 6) is -1.28. The first-order valence-electron chi connectivity index (χ1n) is 5.97. The standard InChI is InChI=1S/C11H12F3N5O2/c1-7-2-3-15-10-16-8(17-19(7)10)9(21)18(4-5-20)6-11(12,13)14/h2-3,20H,4-6H2,1H3. The molecule has 0 radical (unpaired) electrons. The number of amides is 1. The molecule has 0 fully saturated rings. The van der Waals surface area contributed by atoms with Gasteiger partial charge in [0.25, 0.3) is 11.7 Å². The first kappa shape index (κ1) is 15.2. The Morgan fingerprint density at radius 2 is 2.19 bits per heavy atom. The number of aliphatic hydroxyl groups excluding tert-OH is 1. The van der Waals surface area contributed by atoms with Crippen LogP contribution in [0.15, 0.2) is 12.3 Å². The van der Waals surface area contributed by atoms with E-state index < -0.39 is 37.6 Å². The van der Waals surface area contributed by atoms with Gasteiger partial charge in [0, 0.05) is 18.4 Å². The predicted molar refractivity (Wildman–Crippen MR) is 64.6 cm³/mol. The number of fused-ring (bicyclic) bond motifs is 1. The molecule has 0 aliphatic heterocycles. The smallest absolute Gasteiger partial charge is 0.395 e. The SMILES string of the molecule is Cc1ccnc2nc(C(=O)N(CCO)CC(F)(F)F)nn12. The number of aromatic nitrogens is 4. The highest BCUT2D eigenvalue weighted by molar-refractivity contribution is 5.90. The lowest BCUT2D eigenvalue weighted by Gasteiger charge is -2.21. The lowest BCUT2D eigenvalue weighted by atomic mass is 10.4. The van der Waals surface area contributed by atoms with Gasteiger partial charge in [-0.3, -0.25) is 4.79 Å². The zero-order valence-corrected chi connectivity index (χ0v) is 11.0. The molecule has 10 heteroatoms. The molecule has 7 nitrogen and oxygen atoms in total. The maximum atomic E-state index is 12.4. The Morgan fingerprint density at radius 3 is 2.76 bits per heavy atom. The maximum absolute atomic E-state index is 12.4. The lowest BCUT2D eigenvalue weighted by Crippen LogP contribution is -2.41.